The SMILES string of the molecule is CN(C)C(=O)c1ccc(N)cc1NCc1cccc(Br)c1. The summed E-state index contributed by atoms with van der Waals surface area (Å²) < 4.78 is 1.03. The van der Waals surface area contributed by atoms with Gasteiger partial charge in [-0.05, 0) is 35.9 Å². The van der Waals surface area contributed by atoms with Gasteiger partial charge in [0.25, 0.3) is 5.91 Å². The molecular weight excluding hydrogens is 330 g/mol. The highest BCUT2D eigenvalue weighted by Crippen LogP contribution is 2.22. The van der Waals surface area contributed by atoms with Crippen molar-refractivity contribution in [1.82, 2.24) is 4.90 Å². The van der Waals surface area contributed by atoms with Gasteiger partial charge in [-0.3, -0.25) is 4.79 Å². The zero-order valence-corrected chi connectivity index (χ0v) is 13.6. The van der Waals surface area contributed by atoms with E-state index in [-0.39, 0.29) is 5.91 Å². The lowest BCUT2D eigenvalue weighted by atomic mass is 10.1. The molecule has 0 radical (unpaired) electrons. The van der Waals surface area contributed by atoms with E-state index in [0.717, 1.165) is 15.7 Å². The number of nitrogen functional groups attached to an aromatic ring is 1. The van der Waals surface area contributed by atoms with E-state index in [9.17, 15) is 4.79 Å². The second kappa shape index (κ2) is 6.63. The molecule has 0 atom stereocenters. The third-order valence-electron chi connectivity index (χ3n) is 3.05. The molecule has 0 heterocycles. The number of nitrogens with zero attached hydrogens (tertiary/aromatic N) is 1. The molecule has 0 aliphatic heterocycles. The number of hydrogen-bond acceptors (Lipinski definition) is 3. The van der Waals surface area contributed by atoms with Crippen LogP contribution in [0.15, 0.2) is 46.9 Å². The molecule has 3 N–H and O–H groups in total. The molecule has 0 saturated heterocycles. The van der Waals surface area contributed by atoms with Crippen molar-refractivity contribution in [1.29, 1.82) is 0 Å². The van der Waals surface area contributed by atoms with Gasteiger partial charge in [0, 0.05) is 36.5 Å². The van der Waals surface area contributed by atoms with Crippen LogP contribution < -0.4 is 11.1 Å². The largest absolute Gasteiger partial charge is 0.399 e. The van der Waals surface area contributed by atoms with Crippen molar-refractivity contribution in [3.63, 3.8) is 0 Å². The normalized spacial score (nSPS) is 10.2. The van der Waals surface area contributed by atoms with Crippen molar-refractivity contribution in [2.75, 3.05) is 25.1 Å². The maximum Gasteiger partial charge on any atom is 0.255 e. The summed E-state index contributed by atoms with van der Waals surface area (Å²) in [5, 5.41) is 3.29. The summed E-state index contributed by atoms with van der Waals surface area (Å²) >= 11 is 3.45. The number of carbonyl (C=O) groups excluding carboxylic acids is 1. The maximum absolute atomic E-state index is 12.2. The summed E-state index contributed by atoms with van der Waals surface area (Å²) in [6.45, 7) is 0.622. The fourth-order valence-electron chi connectivity index (χ4n) is 1.98. The van der Waals surface area contributed by atoms with Crippen molar-refractivity contribution in [3.8, 4) is 0 Å². The lowest BCUT2D eigenvalue weighted by molar-refractivity contribution is 0.0828. The highest BCUT2D eigenvalue weighted by molar-refractivity contribution is 9.10. The van der Waals surface area contributed by atoms with Crippen molar-refractivity contribution in [3.05, 3.63) is 58.1 Å². The molecule has 0 aliphatic carbocycles. The Labute approximate surface area is 133 Å². The number of carbonyl (C=O) groups is 1. The molecule has 0 spiro atoms. The summed E-state index contributed by atoms with van der Waals surface area (Å²) in [4.78, 5) is 13.7. The van der Waals surface area contributed by atoms with Crippen molar-refractivity contribution < 1.29 is 4.79 Å². The third kappa shape index (κ3) is 3.98. The first-order valence-corrected chi connectivity index (χ1v) is 7.36. The molecular formula is C16H18BrN3O. The minimum Gasteiger partial charge on any atom is -0.399 e. The van der Waals surface area contributed by atoms with Crippen molar-refractivity contribution in [2.45, 2.75) is 6.54 Å². The Morgan fingerprint density at radius 2 is 2.00 bits per heavy atom. The van der Waals surface area contributed by atoms with Crippen LogP contribution in [0.5, 0.6) is 0 Å². The van der Waals surface area contributed by atoms with Crippen LogP contribution in [-0.2, 0) is 6.54 Å². The second-order valence-corrected chi connectivity index (χ2v) is 5.90. The Morgan fingerprint density at radius 3 is 2.67 bits per heavy atom. The molecule has 21 heavy (non-hydrogen) atoms. The van der Waals surface area contributed by atoms with E-state index in [1.54, 1.807) is 37.2 Å². The first-order chi connectivity index (χ1) is 9.97. The van der Waals surface area contributed by atoms with Crippen LogP contribution in [0.2, 0.25) is 0 Å². The highest BCUT2D eigenvalue weighted by Gasteiger charge is 2.13. The first kappa shape index (κ1) is 15.4. The standard InChI is InChI=1S/C16H18BrN3O/c1-20(2)16(21)14-7-6-13(18)9-15(14)19-10-11-4-3-5-12(17)8-11/h3-9,19H,10,18H2,1-2H3. The van der Waals surface area contributed by atoms with Gasteiger partial charge >= 0.3 is 0 Å². The predicted molar refractivity (Wildman–Crippen MR) is 90.3 cm³/mol. The fourth-order valence-corrected chi connectivity index (χ4v) is 2.43. The van der Waals surface area contributed by atoms with Crippen molar-refractivity contribution >= 4 is 33.2 Å². The minimum absolute atomic E-state index is 0.0493. The number of amides is 1. The number of nitrogens with two attached hydrogens (primary N) is 1. The second-order valence-electron chi connectivity index (χ2n) is 4.99. The number of nitrogens with one attached hydrogen (secondary N) is 1. The van der Waals surface area contributed by atoms with Gasteiger partial charge in [-0.15, -0.1) is 0 Å². The summed E-state index contributed by atoms with van der Waals surface area (Å²) in [5.41, 5.74) is 8.93. The molecule has 0 aromatic heterocycles. The monoisotopic (exact) mass is 347 g/mol. The molecule has 0 aliphatic rings. The van der Waals surface area contributed by atoms with Crippen LogP contribution in [0.3, 0.4) is 0 Å². The van der Waals surface area contributed by atoms with E-state index in [1.807, 2.05) is 24.3 Å². The van der Waals surface area contributed by atoms with Crippen LogP contribution in [0.1, 0.15) is 15.9 Å². The molecule has 110 valence electrons. The van der Waals surface area contributed by atoms with Crippen LogP contribution in [0.25, 0.3) is 0 Å². The molecule has 4 nitrogen and oxygen atoms in total. The lowest BCUT2D eigenvalue weighted by Crippen LogP contribution is -2.23. The van der Waals surface area contributed by atoms with Gasteiger partial charge in [-0.25, -0.2) is 0 Å². The summed E-state index contributed by atoms with van der Waals surface area (Å²) in [7, 11) is 3.47. The number of rotatable bonds is 4. The van der Waals surface area contributed by atoms with E-state index in [4.69, 9.17) is 5.73 Å². The number of anilines is 2. The Balaban J connectivity index is 2.22. The van der Waals surface area contributed by atoms with Crippen molar-refractivity contribution in [2.24, 2.45) is 0 Å². The van der Waals surface area contributed by atoms with Gasteiger partial charge in [0.05, 0.1) is 5.56 Å². The van der Waals surface area contributed by atoms with Gasteiger partial charge in [-0.2, -0.15) is 0 Å². The van der Waals surface area contributed by atoms with Crippen LogP contribution in [0.4, 0.5) is 11.4 Å². The molecule has 0 unspecified atom stereocenters. The summed E-state index contributed by atoms with van der Waals surface area (Å²) in [5.74, 6) is -0.0493. The molecule has 0 bridgehead atoms. The average molecular weight is 348 g/mol. The zero-order valence-electron chi connectivity index (χ0n) is 12.1. The smallest absolute Gasteiger partial charge is 0.255 e. The topological polar surface area (TPSA) is 58.4 Å². The minimum atomic E-state index is -0.0493. The maximum atomic E-state index is 12.2. The number of benzene rings is 2. The van der Waals surface area contributed by atoms with E-state index in [0.29, 0.717) is 17.8 Å². The Bertz CT molecular complexity index is 656. The fraction of sp³-hybridized carbons (Fsp3) is 0.188. The van der Waals surface area contributed by atoms with Gasteiger partial charge in [0.15, 0.2) is 0 Å². The van der Waals surface area contributed by atoms with E-state index in [2.05, 4.69) is 21.2 Å². The van der Waals surface area contributed by atoms with E-state index >= 15 is 0 Å². The molecule has 0 fully saturated rings. The molecule has 5 heteroatoms. The van der Waals surface area contributed by atoms with Gasteiger partial charge in [0.2, 0.25) is 0 Å². The quantitative estimate of drug-likeness (QED) is 0.833. The van der Waals surface area contributed by atoms with Crippen LogP contribution in [-0.4, -0.2) is 24.9 Å². The number of halogens is 1. The van der Waals surface area contributed by atoms with Crippen LogP contribution >= 0.6 is 15.9 Å². The average Bonchev–Trinajstić information content (AvgIpc) is 2.44. The molecule has 1 amide bonds. The Kier molecular flexibility index (Phi) is 4.85. The molecule has 2 aromatic rings. The number of hydrogen-bond donors (Lipinski definition) is 2. The van der Waals surface area contributed by atoms with Gasteiger partial charge < -0.3 is 16.0 Å². The first-order valence-electron chi connectivity index (χ1n) is 6.57. The van der Waals surface area contributed by atoms with E-state index in [1.165, 1.54) is 0 Å². The predicted octanol–water partition coefficient (Wildman–Crippen LogP) is 3.35. The highest BCUT2D eigenvalue weighted by atomic mass is 79.9. The van der Waals surface area contributed by atoms with Crippen LogP contribution in [0, 0.1) is 0 Å². The summed E-state index contributed by atoms with van der Waals surface area (Å²) in [6.07, 6.45) is 0. The Hall–Kier alpha value is -2.01. The van der Waals surface area contributed by atoms with Gasteiger partial charge in [0.1, 0.15) is 0 Å². The molecule has 0 saturated carbocycles. The molecule has 2 aromatic carbocycles. The molecule has 2 rings (SSSR count). The van der Waals surface area contributed by atoms with E-state index < -0.39 is 0 Å². The Morgan fingerprint density at radius 1 is 1.24 bits per heavy atom. The zero-order chi connectivity index (χ0) is 15.4. The third-order valence-corrected chi connectivity index (χ3v) is 3.55. The lowest BCUT2D eigenvalue weighted by Gasteiger charge is -2.16. The van der Waals surface area contributed by atoms with Gasteiger partial charge in [-0.1, -0.05) is 28.1 Å². The summed E-state index contributed by atoms with van der Waals surface area (Å²) in [6, 6.07) is 13.3.